The number of nitrogens with zero attached hydrogens (tertiary/aromatic N) is 2. The molecule has 0 amide bonds. The second-order valence-electron chi connectivity index (χ2n) is 2.50. The van der Waals surface area contributed by atoms with Gasteiger partial charge in [0.2, 0.25) is 0 Å². The molecule has 0 saturated heterocycles. The molecule has 0 aliphatic heterocycles. The highest BCUT2D eigenvalue weighted by atomic mass is 16.3. The van der Waals surface area contributed by atoms with Crippen molar-refractivity contribution in [1.29, 1.82) is 0 Å². The number of furan rings is 1. The van der Waals surface area contributed by atoms with E-state index in [1.54, 1.807) is 12.5 Å². The first kappa shape index (κ1) is 7.03. The van der Waals surface area contributed by atoms with Crippen molar-refractivity contribution in [3.8, 4) is 11.6 Å². The third-order valence-corrected chi connectivity index (χ3v) is 1.54. The van der Waals surface area contributed by atoms with E-state index in [1.807, 2.05) is 25.1 Å². The highest BCUT2D eigenvalue weighted by Crippen LogP contribution is 2.13. The van der Waals surface area contributed by atoms with Crippen LogP contribution in [-0.2, 0) is 0 Å². The standard InChI is InChI=1S/C9H8N2O/c1-7-4-5-10-9(11-7)8-3-2-6-12-8/h2-6H,1H3. The van der Waals surface area contributed by atoms with Gasteiger partial charge in [0.25, 0.3) is 0 Å². The first-order valence-corrected chi connectivity index (χ1v) is 3.70. The molecule has 0 bridgehead atoms. The van der Waals surface area contributed by atoms with E-state index >= 15 is 0 Å². The van der Waals surface area contributed by atoms with Gasteiger partial charge in [-0.2, -0.15) is 0 Å². The fraction of sp³-hybridized carbons (Fsp3) is 0.111. The van der Waals surface area contributed by atoms with Crippen molar-refractivity contribution in [3.63, 3.8) is 0 Å². The van der Waals surface area contributed by atoms with Gasteiger partial charge in [-0.3, -0.25) is 0 Å². The Hall–Kier alpha value is -1.64. The van der Waals surface area contributed by atoms with Crippen LogP contribution < -0.4 is 0 Å². The molecular weight excluding hydrogens is 152 g/mol. The predicted octanol–water partition coefficient (Wildman–Crippen LogP) is 2.05. The zero-order chi connectivity index (χ0) is 8.39. The Labute approximate surface area is 70.1 Å². The van der Waals surface area contributed by atoms with Gasteiger partial charge in [0.15, 0.2) is 11.6 Å². The molecule has 0 fully saturated rings. The van der Waals surface area contributed by atoms with Crippen molar-refractivity contribution in [2.24, 2.45) is 0 Å². The molecule has 60 valence electrons. The molecule has 2 aromatic rings. The first-order valence-electron chi connectivity index (χ1n) is 3.70. The lowest BCUT2D eigenvalue weighted by molar-refractivity contribution is 0.577. The summed E-state index contributed by atoms with van der Waals surface area (Å²) in [4.78, 5) is 8.29. The van der Waals surface area contributed by atoms with Crippen molar-refractivity contribution < 1.29 is 4.42 Å². The molecule has 0 atom stereocenters. The minimum absolute atomic E-state index is 0.639. The number of hydrogen-bond acceptors (Lipinski definition) is 3. The highest BCUT2D eigenvalue weighted by Gasteiger charge is 2.01. The second kappa shape index (κ2) is 2.77. The lowest BCUT2D eigenvalue weighted by atomic mass is 10.4. The molecular formula is C9H8N2O. The molecule has 0 aliphatic carbocycles. The smallest absolute Gasteiger partial charge is 0.195 e. The summed E-state index contributed by atoms with van der Waals surface area (Å²) >= 11 is 0. The van der Waals surface area contributed by atoms with Crippen molar-refractivity contribution in [2.45, 2.75) is 6.92 Å². The summed E-state index contributed by atoms with van der Waals surface area (Å²) in [5.74, 6) is 1.35. The van der Waals surface area contributed by atoms with Gasteiger partial charge in [-0.05, 0) is 25.1 Å². The lowest BCUT2D eigenvalue weighted by Gasteiger charge is -1.94. The van der Waals surface area contributed by atoms with Crippen molar-refractivity contribution in [1.82, 2.24) is 9.97 Å². The molecule has 0 aliphatic rings. The molecule has 0 saturated carbocycles. The predicted molar refractivity (Wildman–Crippen MR) is 44.5 cm³/mol. The number of aryl methyl sites for hydroxylation is 1. The fourth-order valence-corrected chi connectivity index (χ4v) is 0.973. The summed E-state index contributed by atoms with van der Waals surface area (Å²) in [6.45, 7) is 1.92. The van der Waals surface area contributed by atoms with Gasteiger partial charge in [0, 0.05) is 11.9 Å². The van der Waals surface area contributed by atoms with Gasteiger partial charge in [0.05, 0.1) is 6.26 Å². The van der Waals surface area contributed by atoms with Crippen LogP contribution in [0.4, 0.5) is 0 Å². The van der Waals surface area contributed by atoms with E-state index in [0.717, 1.165) is 5.69 Å². The summed E-state index contributed by atoms with van der Waals surface area (Å²) < 4.78 is 5.15. The van der Waals surface area contributed by atoms with E-state index in [2.05, 4.69) is 9.97 Å². The van der Waals surface area contributed by atoms with Crippen LogP contribution in [0.2, 0.25) is 0 Å². The van der Waals surface area contributed by atoms with Crippen molar-refractivity contribution >= 4 is 0 Å². The Balaban J connectivity index is 2.48. The highest BCUT2D eigenvalue weighted by molar-refractivity contribution is 5.45. The summed E-state index contributed by atoms with van der Waals surface area (Å²) in [5, 5.41) is 0. The van der Waals surface area contributed by atoms with E-state index in [4.69, 9.17) is 4.42 Å². The van der Waals surface area contributed by atoms with Crippen LogP contribution in [-0.4, -0.2) is 9.97 Å². The van der Waals surface area contributed by atoms with Crippen molar-refractivity contribution in [2.75, 3.05) is 0 Å². The Morgan fingerprint density at radius 1 is 1.33 bits per heavy atom. The topological polar surface area (TPSA) is 38.9 Å². The Bertz CT molecular complexity index is 368. The minimum atomic E-state index is 0.639. The molecule has 0 radical (unpaired) electrons. The maximum Gasteiger partial charge on any atom is 0.195 e. The Morgan fingerprint density at radius 2 is 2.25 bits per heavy atom. The molecule has 2 heterocycles. The van der Waals surface area contributed by atoms with E-state index in [1.165, 1.54) is 0 Å². The van der Waals surface area contributed by atoms with Gasteiger partial charge < -0.3 is 4.42 Å². The van der Waals surface area contributed by atoms with Crippen LogP contribution in [0.1, 0.15) is 5.69 Å². The zero-order valence-corrected chi connectivity index (χ0v) is 6.69. The molecule has 12 heavy (non-hydrogen) atoms. The van der Waals surface area contributed by atoms with E-state index < -0.39 is 0 Å². The van der Waals surface area contributed by atoms with Gasteiger partial charge in [-0.25, -0.2) is 9.97 Å². The SMILES string of the molecule is Cc1ccnc(-c2ccco2)n1. The fourth-order valence-electron chi connectivity index (χ4n) is 0.973. The van der Waals surface area contributed by atoms with Gasteiger partial charge in [-0.1, -0.05) is 0 Å². The van der Waals surface area contributed by atoms with E-state index in [9.17, 15) is 0 Å². The van der Waals surface area contributed by atoms with E-state index in [0.29, 0.717) is 11.6 Å². The summed E-state index contributed by atoms with van der Waals surface area (Å²) in [7, 11) is 0. The molecule has 0 N–H and O–H groups in total. The van der Waals surface area contributed by atoms with Crippen LogP contribution in [0.5, 0.6) is 0 Å². The first-order chi connectivity index (χ1) is 5.86. The maximum absolute atomic E-state index is 5.15. The molecule has 3 nitrogen and oxygen atoms in total. The Morgan fingerprint density at radius 3 is 2.92 bits per heavy atom. The third-order valence-electron chi connectivity index (χ3n) is 1.54. The largest absolute Gasteiger partial charge is 0.461 e. The second-order valence-corrected chi connectivity index (χ2v) is 2.50. The molecule has 0 spiro atoms. The van der Waals surface area contributed by atoms with Crippen LogP contribution in [0, 0.1) is 6.92 Å². The monoisotopic (exact) mass is 160 g/mol. The lowest BCUT2D eigenvalue weighted by Crippen LogP contribution is -1.88. The van der Waals surface area contributed by atoms with Crippen LogP contribution in [0.25, 0.3) is 11.6 Å². The van der Waals surface area contributed by atoms with Gasteiger partial charge in [0.1, 0.15) is 0 Å². The number of rotatable bonds is 1. The number of hydrogen-bond donors (Lipinski definition) is 0. The van der Waals surface area contributed by atoms with Crippen LogP contribution >= 0.6 is 0 Å². The minimum Gasteiger partial charge on any atom is -0.461 e. The Kier molecular flexibility index (Phi) is 1.63. The maximum atomic E-state index is 5.15. The van der Waals surface area contributed by atoms with Gasteiger partial charge in [-0.15, -0.1) is 0 Å². The van der Waals surface area contributed by atoms with Gasteiger partial charge >= 0.3 is 0 Å². The average Bonchev–Trinajstić information content (AvgIpc) is 2.56. The molecule has 0 unspecified atom stereocenters. The van der Waals surface area contributed by atoms with Crippen molar-refractivity contribution in [3.05, 3.63) is 36.4 Å². The van der Waals surface area contributed by atoms with Crippen LogP contribution in [0.3, 0.4) is 0 Å². The molecule has 2 rings (SSSR count). The van der Waals surface area contributed by atoms with Crippen LogP contribution in [0.15, 0.2) is 35.1 Å². The average molecular weight is 160 g/mol. The zero-order valence-electron chi connectivity index (χ0n) is 6.69. The summed E-state index contributed by atoms with van der Waals surface area (Å²) in [6, 6.07) is 5.52. The molecule has 2 aromatic heterocycles. The third kappa shape index (κ3) is 1.21. The van der Waals surface area contributed by atoms with E-state index in [-0.39, 0.29) is 0 Å². The normalized spacial score (nSPS) is 10.1. The molecule has 3 heteroatoms. The summed E-state index contributed by atoms with van der Waals surface area (Å²) in [6.07, 6.45) is 3.33. The quantitative estimate of drug-likeness (QED) is 0.640. The summed E-state index contributed by atoms with van der Waals surface area (Å²) in [5.41, 5.74) is 0.941. The number of aromatic nitrogens is 2. The molecule has 0 aromatic carbocycles.